The Hall–Kier alpha value is -1.84. The molecule has 2 aromatic carbocycles. The minimum Gasteiger partial charge on any atom is -0.320 e. The van der Waals surface area contributed by atoms with E-state index in [-0.39, 0.29) is 5.69 Å². The van der Waals surface area contributed by atoms with Crippen LogP contribution in [0.3, 0.4) is 0 Å². The highest BCUT2D eigenvalue weighted by Crippen LogP contribution is 2.26. The van der Waals surface area contributed by atoms with Crippen LogP contribution in [0.15, 0.2) is 48.5 Å². The molecule has 0 bridgehead atoms. The van der Waals surface area contributed by atoms with Gasteiger partial charge >= 0.3 is 0 Å². The van der Waals surface area contributed by atoms with Crippen LogP contribution in [0.25, 0.3) is 6.08 Å². The number of nitrogens with one attached hydrogen (secondary N) is 1. The molecule has 0 saturated heterocycles. The van der Waals surface area contributed by atoms with E-state index in [2.05, 4.69) is 5.32 Å². The first-order valence-electron chi connectivity index (χ1n) is 5.75. The maximum absolute atomic E-state index is 13.4. The Bertz CT molecular complexity index is 671. The molecule has 0 saturated carbocycles. The van der Waals surface area contributed by atoms with Gasteiger partial charge in [0, 0.05) is 6.08 Å². The van der Waals surface area contributed by atoms with Gasteiger partial charge in [-0.25, -0.2) is 4.39 Å². The third-order valence-corrected chi connectivity index (χ3v) is 3.36. The van der Waals surface area contributed by atoms with E-state index in [0.29, 0.717) is 15.6 Å². The summed E-state index contributed by atoms with van der Waals surface area (Å²) in [4.78, 5) is 11.7. The molecule has 2 aromatic rings. The van der Waals surface area contributed by atoms with Gasteiger partial charge in [0.1, 0.15) is 5.82 Å². The summed E-state index contributed by atoms with van der Waals surface area (Å²) in [6, 6.07) is 11.0. The summed E-state index contributed by atoms with van der Waals surface area (Å²) >= 11 is 11.9. The lowest BCUT2D eigenvalue weighted by atomic mass is 10.2. The van der Waals surface area contributed by atoms with E-state index in [1.165, 1.54) is 24.3 Å². The molecule has 0 aromatic heterocycles. The predicted molar refractivity (Wildman–Crippen MR) is 80.5 cm³/mol. The standard InChI is InChI=1S/C15H10Cl2FNO/c16-11-5-3-4-10(15(11)17)8-9-14(20)19-13-7-2-1-6-12(13)18/h1-9H,(H,19,20)/b9-8+. The fraction of sp³-hybridized carbons (Fsp3) is 0. The van der Waals surface area contributed by atoms with Crippen LogP contribution in [-0.2, 0) is 4.79 Å². The largest absolute Gasteiger partial charge is 0.320 e. The molecule has 2 rings (SSSR count). The zero-order valence-corrected chi connectivity index (χ0v) is 11.8. The van der Waals surface area contributed by atoms with Crippen molar-refractivity contribution in [3.63, 3.8) is 0 Å². The Morgan fingerprint density at radius 1 is 1.10 bits per heavy atom. The second-order valence-corrected chi connectivity index (χ2v) is 4.73. The van der Waals surface area contributed by atoms with Gasteiger partial charge in [-0.3, -0.25) is 4.79 Å². The minimum atomic E-state index is -0.491. The summed E-state index contributed by atoms with van der Waals surface area (Å²) in [5, 5.41) is 3.21. The van der Waals surface area contributed by atoms with Crippen LogP contribution in [0.5, 0.6) is 0 Å². The van der Waals surface area contributed by atoms with Crippen molar-refractivity contribution in [1.29, 1.82) is 0 Å². The van der Waals surface area contributed by atoms with Crippen LogP contribution in [0, 0.1) is 5.82 Å². The van der Waals surface area contributed by atoms with Crippen LogP contribution in [0.4, 0.5) is 10.1 Å². The topological polar surface area (TPSA) is 29.1 Å². The third kappa shape index (κ3) is 3.59. The quantitative estimate of drug-likeness (QED) is 0.812. The summed E-state index contributed by atoms with van der Waals surface area (Å²) in [6.45, 7) is 0. The number of anilines is 1. The van der Waals surface area contributed by atoms with Crippen molar-refractivity contribution in [1.82, 2.24) is 0 Å². The van der Waals surface area contributed by atoms with Gasteiger partial charge in [-0.15, -0.1) is 0 Å². The lowest BCUT2D eigenvalue weighted by Gasteiger charge is -2.03. The molecule has 0 aliphatic rings. The van der Waals surface area contributed by atoms with E-state index in [9.17, 15) is 9.18 Å². The number of hydrogen-bond acceptors (Lipinski definition) is 1. The van der Waals surface area contributed by atoms with E-state index in [1.54, 1.807) is 30.3 Å². The second kappa shape index (κ2) is 6.55. The van der Waals surface area contributed by atoms with Crippen molar-refractivity contribution in [2.45, 2.75) is 0 Å². The van der Waals surface area contributed by atoms with Gasteiger partial charge < -0.3 is 5.32 Å². The lowest BCUT2D eigenvalue weighted by molar-refractivity contribution is -0.111. The molecule has 0 aliphatic heterocycles. The second-order valence-electron chi connectivity index (χ2n) is 3.95. The molecule has 0 atom stereocenters. The first-order valence-corrected chi connectivity index (χ1v) is 6.51. The average Bonchev–Trinajstić information content (AvgIpc) is 2.43. The molecular weight excluding hydrogens is 300 g/mol. The van der Waals surface area contributed by atoms with Gasteiger partial charge in [0.15, 0.2) is 0 Å². The molecule has 0 heterocycles. The maximum atomic E-state index is 13.4. The third-order valence-electron chi connectivity index (χ3n) is 2.53. The Morgan fingerprint density at radius 2 is 1.85 bits per heavy atom. The molecule has 0 fully saturated rings. The van der Waals surface area contributed by atoms with E-state index in [1.807, 2.05) is 0 Å². The van der Waals surface area contributed by atoms with Crippen LogP contribution >= 0.6 is 23.2 Å². The molecule has 102 valence electrons. The van der Waals surface area contributed by atoms with Crippen molar-refractivity contribution in [2.24, 2.45) is 0 Å². The van der Waals surface area contributed by atoms with Gasteiger partial charge in [-0.2, -0.15) is 0 Å². The Balaban J connectivity index is 2.10. The van der Waals surface area contributed by atoms with E-state index >= 15 is 0 Å². The molecule has 1 N–H and O–H groups in total. The summed E-state index contributed by atoms with van der Waals surface area (Å²) in [6.07, 6.45) is 2.79. The molecule has 2 nitrogen and oxygen atoms in total. The van der Waals surface area contributed by atoms with Crippen molar-refractivity contribution >= 4 is 40.9 Å². The van der Waals surface area contributed by atoms with E-state index < -0.39 is 11.7 Å². The summed E-state index contributed by atoms with van der Waals surface area (Å²) in [5.74, 6) is -0.943. The highest BCUT2D eigenvalue weighted by Gasteiger charge is 2.04. The number of benzene rings is 2. The fourth-order valence-electron chi connectivity index (χ4n) is 1.55. The SMILES string of the molecule is O=C(/C=C/c1cccc(Cl)c1Cl)Nc1ccccc1F. The van der Waals surface area contributed by atoms with Crippen molar-refractivity contribution in [3.8, 4) is 0 Å². The Morgan fingerprint density at radius 3 is 2.60 bits per heavy atom. The monoisotopic (exact) mass is 309 g/mol. The molecule has 0 aliphatic carbocycles. The van der Waals surface area contributed by atoms with Gasteiger partial charge in [0.05, 0.1) is 15.7 Å². The van der Waals surface area contributed by atoms with Crippen LogP contribution in [-0.4, -0.2) is 5.91 Å². The molecule has 20 heavy (non-hydrogen) atoms. The normalized spacial score (nSPS) is 10.8. The number of carbonyl (C=O) groups excluding carboxylic acids is 1. The zero-order valence-electron chi connectivity index (χ0n) is 10.2. The summed E-state index contributed by atoms with van der Waals surface area (Å²) < 4.78 is 13.4. The Labute approximate surface area is 125 Å². The number of carbonyl (C=O) groups is 1. The zero-order chi connectivity index (χ0) is 14.5. The van der Waals surface area contributed by atoms with E-state index in [0.717, 1.165) is 0 Å². The number of para-hydroxylation sites is 1. The highest BCUT2D eigenvalue weighted by atomic mass is 35.5. The molecular formula is C15H10Cl2FNO. The molecule has 0 radical (unpaired) electrons. The van der Waals surface area contributed by atoms with Gasteiger partial charge in [0.2, 0.25) is 5.91 Å². The van der Waals surface area contributed by atoms with Crippen LogP contribution in [0.2, 0.25) is 10.0 Å². The van der Waals surface area contributed by atoms with Crippen LogP contribution in [0.1, 0.15) is 5.56 Å². The molecule has 0 spiro atoms. The number of halogens is 3. The Kier molecular flexibility index (Phi) is 4.77. The van der Waals surface area contributed by atoms with Gasteiger partial charge in [-0.1, -0.05) is 47.5 Å². The van der Waals surface area contributed by atoms with Gasteiger partial charge in [-0.05, 0) is 29.8 Å². The molecule has 5 heteroatoms. The van der Waals surface area contributed by atoms with Crippen molar-refractivity contribution < 1.29 is 9.18 Å². The average molecular weight is 310 g/mol. The minimum absolute atomic E-state index is 0.124. The van der Waals surface area contributed by atoms with Crippen molar-refractivity contribution in [2.75, 3.05) is 5.32 Å². The maximum Gasteiger partial charge on any atom is 0.248 e. The number of hydrogen-bond donors (Lipinski definition) is 1. The lowest BCUT2D eigenvalue weighted by Crippen LogP contribution is -2.09. The van der Waals surface area contributed by atoms with Crippen molar-refractivity contribution in [3.05, 3.63) is 70.0 Å². The predicted octanol–water partition coefficient (Wildman–Crippen LogP) is 4.78. The van der Waals surface area contributed by atoms with E-state index in [4.69, 9.17) is 23.2 Å². The van der Waals surface area contributed by atoms with Gasteiger partial charge in [0.25, 0.3) is 0 Å². The first kappa shape index (κ1) is 14.6. The number of amides is 1. The highest BCUT2D eigenvalue weighted by molar-refractivity contribution is 6.42. The molecule has 0 unspecified atom stereocenters. The summed E-state index contributed by atoms with van der Waals surface area (Å²) in [7, 11) is 0. The fourth-order valence-corrected chi connectivity index (χ4v) is 1.92. The first-order chi connectivity index (χ1) is 9.58. The smallest absolute Gasteiger partial charge is 0.248 e. The van der Waals surface area contributed by atoms with Crippen LogP contribution < -0.4 is 5.32 Å². The number of rotatable bonds is 3. The summed E-state index contributed by atoms with van der Waals surface area (Å²) in [5.41, 5.74) is 0.738. The molecule has 1 amide bonds.